The van der Waals surface area contributed by atoms with Gasteiger partial charge in [-0.2, -0.15) is 5.10 Å². The van der Waals surface area contributed by atoms with Crippen LogP contribution in [0.15, 0.2) is 29.5 Å². The molecule has 4 heteroatoms. The van der Waals surface area contributed by atoms with Crippen LogP contribution in [0.25, 0.3) is 6.08 Å². The van der Waals surface area contributed by atoms with Crippen LogP contribution in [-0.4, -0.2) is 26.8 Å². The Kier molecular flexibility index (Phi) is 4.04. The van der Waals surface area contributed by atoms with Gasteiger partial charge in [0.2, 0.25) is 0 Å². The Morgan fingerprint density at radius 2 is 1.96 bits per heavy atom. The molecule has 150 valence electrons. The van der Waals surface area contributed by atoms with Gasteiger partial charge in [-0.25, -0.2) is 0 Å². The van der Waals surface area contributed by atoms with Gasteiger partial charge in [0.25, 0.3) is 0 Å². The van der Waals surface area contributed by atoms with Gasteiger partial charge in [0, 0.05) is 18.7 Å². The lowest BCUT2D eigenvalue weighted by molar-refractivity contribution is -0.130. The van der Waals surface area contributed by atoms with E-state index >= 15 is 0 Å². The molecule has 0 spiro atoms. The normalized spacial score (nSPS) is 44.1. The van der Waals surface area contributed by atoms with Crippen LogP contribution >= 0.6 is 0 Å². The average Bonchev–Trinajstić information content (AvgIpc) is 3.18. The summed E-state index contributed by atoms with van der Waals surface area (Å²) in [7, 11) is 1.93. The highest BCUT2D eigenvalue weighted by Crippen LogP contribution is 2.64. The zero-order valence-corrected chi connectivity index (χ0v) is 17.3. The van der Waals surface area contributed by atoms with Crippen LogP contribution in [0, 0.1) is 28.6 Å². The van der Waals surface area contributed by atoms with E-state index in [4.69, 9.17) is 0 Å². The Labute approximate surface area is 167 Å². The molecule has 5 rings (SSSR count). The number of carbonyl (C=O) groups excluding carboxylic acids is 1. The number of aromatic nitrogens is 2. The molecule has 1 aromatic rings. The van der Waals surface area contributed by atoms with Crippen molar-refractivity contribution in [1.29, 1.82) is 0 Å². The molecule has 6 atom stereocenters. The SMILES string of the molecule is Cn1nccc1/C=C1/C[C@@H]2[C@H]3CC=C4C[C@H](O)CC[C@]4(C)[C@@H]3CC[C@]2(C)C1=O. The summed E-state index contributed by atoms with van der Waals surface area (Å²) in [4.78, 5) is 13.4. The Morgan fingerprint density at radius 3 is 2.71 bits per heavy atom. The minimum atomic E-state index is -0.207. The van der Waals surface area contributed by atoms with E-state index in [9.17, 15) is 9.90 Å². The monoisotopic (exact) mass is 380 g/mol. The molecular formula is C24H32N2O2. The maximum Gasteiger partial charge on any atom is 0.165 e. The molecule has 0 amide bonds. The molecule has 0 unspecified atom stereocenters. The first-order valence-electron chi connectivity index (χ1n) is 10.9. The summed E-state index contributed by atoms with van der Waals surface area (Å²) in [6.07, 6.45) is 13.1. The van der Waals surface area contributed by atoms with Crippen LogP contribution in [0.3, 0.4) is 0 Å². The molecule has 4 aliphatic carbocycles. The van der Waals surface area contributed by atoms with E-state index in [2.05, 4.69) is 31.1 Å². The summed E-state index contributed by atoms with van der Waals surface area (Å²) in [6.45, 7) is 4.67. The zero-order chi connectivity index (χ0) is 19.7. The van der Waals surface area contributed by atoms with Crippen LogP contribution < -0.4 is 0 Å². The minimum absolute atomic E-state index is 0.161. The molecule has 4 aliphatic rings. The fourth-order valence-electron chi connectivity index (χ4n) is 7.15. The number of allylic oxidation sites excluding steroid dienone is 2. The van der Waals surface area contributed by atoms with Crippen LogP contribution in [0.5, 0.6) is 0 Å². The summed E-state index contributed by atoms with van der Waals surface area (Å²) in [5.74, 6) is 2.06. The zero-order valence-electron chi connectivity index (χ0n) is 17.3. The van der Waals surface area contributed by atoms with Crippen LogP contribution in [-0.2, 0) is 11.8 Å². The topological polar surface area (TPSA) is 55.1 Å². The summed E-state index contributed by atoms with van der Waals surface area (Å²) < 4.78 is 1.84. The van der Waals surface area contributed by atoms with E-state index in [-0.39, 0.29) is 16.9 Å². The lowest BCUT2D eigenvalue weighted by atomic mass is 9.48. The van der Waals surface area contributed by atoms with Gasteiger partial charge < -0.3 is 5.11 Å². The standard InChI is InChI=1S/C24H32N2O2/c1-23-9-6-18(27)14-16(23)4-5-19-20(23)7-10-24(2)21(19)13-15(22(24)28)12-17-8-11-25-26(17)3/h4,8,11-12,18-21,27H,5-7,9-10,13-14H2,1-3H3/b15-12-/t18-,19+,20-,21-,23+,24+/m1/s1. The van der Waals surface area contributed by atoms with Crippen LogP contribution in [0.1, 0.15) is 64.5 Å². The molecule has 1 heterocycles. The summed E-state index contributed by atoms with van der Waals surface area (Å²) >= 11 is 0. The summed E-state index contributed by atoms with van der Waals surface area (Å²) in [6, 6.07) is 1.98. The second kappa shape index (κ2) is 6.16. The number of hydrogen-bond donors (Lipinski definition) is 1. The van der Waals surface area contributed by atoms with Gasteiger partial charge in [0.15, 0.2) is 5.78 Å². The molecule has 4 nitrogen and oxygen atoms in total. The molecule has 0 aliphatic heterocycles. The lowest BCUT2D eigenvalue weighted by Crippen LogP contribution is -2.50. The van der Waals surface area contributed by atoms with Crippen LogP contribution in [0.2, 0.25) is 0 Å². The number of aliphatic hydroxyl groups excluding tert-OH is 1. The number of aliphatic hydroxyl groups is 1. The highest BCUT2D eigenvalue weighted by Gasteiger charge is 2.59. The van der Waals surface area contributed by atoms with Crippen molar-refractivity contribution in [3.05, 3.63) is 35.2 Å². The third-order valence-electron chi connectivity index (χ3n) is 8.90. The maximum absolute atomic E-state index is 13.4. The van der Waals surface area contributed by atoms with E-state index in [0.29, 0.717) is 23.5 Å². The number of rotatable bonds is 1. The second-order valence-corrected chi connectivity index (χ2v) is 10.2. The van der Waals surface area contributed by atoms with Gasteiger partial charge in [-0.05, 0) is 85.8 Å². The number of hydrogen-bond acceptors (Lipinski definition) is 3. The average molecular weight is 381 g/mol. The van der Waals surface area contributed by atoms with E-state index in [1.54, 1.807) is 6.20 Å². The summed E-state index contributed by atoms with van der Waals surface area (Å²) in [5.41, 5.74) is 3.52. The first kappa shape index (κ1) is 18.4. The lowest BCUT2D eigenvalue weighted by Gasteiger charge is -2.56. The maximum atomic E-state index is 13.4. The Morgan fingerprint density at radius 1 is 1.18 bits per heavy atom. The Bertz CT molecular complexity index is 881. The molecule has 0 saturated heterocycles. The third-order valence-corrected chi connectivity index (χ3v) is 8.90. The number of fused-ring (bicyclic) bond motifs is 5. The molecular weight excluding hydrogens is 348 g/mol. The highest BCUT2D eigenvalue weighted by molar-refractivity contribution is 6.05. The fraction of sp³-hybridized carbons (Fsp3) is 0.667. The van der Waals surface area contributed by atoms with Crippen molar-refractivity contribution < 1.29 is 9.90 Å². The molecule has 3 saturated carbocycles. The van der Waals surface area contributed by atoms with Gasteiger partial charge in [-0.1, -0.05) is 25.5 Å². The second-order valence-electron chi connectivity index (χ2n) is 10.2. The number of ketones is 1. The number of Topliss-reactive ketones (excluding diaryl/α,β-unsaturated/α-hetero) is 1. The highest BCUT2D eigenvalue weighted by atomic mass is 16.3. The molecule has 0 aromatic carbocycles. The smallest absolute Gasteiger partial charge is 0.165 e. The largest absolute Gasteiger partial charge is 0.393 e. The van der Waals surface area contributed by atoms with Gasteiger partial charge in [0.1, 0.15) is 0 Å². The molecule has 1 N–H and O–H groups in total. The number of aryl methyl sites for hydroxylation is 1. The summed E-state index contributed by atoms with van der Waals surface area (Å²) in [5, 5.41) is 14.4. The fourth-order valence-corrected chi connectivity index (χ4v) is 7.15. The molecule has 0 radical (unpaired) electrons. The molecule has 3 fully saturated rings. The van der Waals surface area contributed by atoms with Crippen molar-refractivity contribution in [1.82, 2.24) is 9.78 Å². The quantitative estimate of drug-likeness (QED) is 0.583. The van der Waals surface area contributed by atoms with E-state index in [0.717, 1.165) is 56.2 Å². The van der Waals surface area contributed by atoms with Crippen molar-refractivity contribution in [3.8, 4) is 0 Å². The van der Waals surface area contributed by atoms with Gasteiger partial charge in [-0.15, -0.1) is 0 Å². The van der Waals surface area contributed by atoms with Gasteiger partial charge in [0.05, 0.1) is 11.8 Å². The molecule has 1 aromatic heterocycles. The van der Waals surface area contributed by atoms with Gasteiger partial charge in [-0.3, -0.25) is 9.48 Å². The first-order valence-corrected chi connectivity index (χ1v) is 10.9. The van der Waals surface area contributed by atoms with Crippen molar-refractivity contribution in [2.24, 2.45) is 35.6 Å². The number of carbonyl (C=O) groups is 1. The predicted molar refractivity (Wildman–Crippen MR) is 109 cm³/mol. The van der Waals surface area contributed by atoms with Crippen molar-refractivity contribution in [2.45, 2.75) is 64.9 Å². The first-order chi connectivity index (χ1) is 13.3. The van der Waals surface area contributed by atoms with Crippen molar-refractivity contribution in [2.75, 3.05) is 0 Å². The number of nitrogens with zero attached hydrogens (tertiary/aromatic N) is 2. The Balaban J connectivity index is 1.49. The van der Waals surface area contributed by atoms with Crippen molar-refractivity contribution >= 4 is 11.9 Å². The Hall–Kier alpha value is -1.68. The van der Waals surface area contributed by atoms with E-state index in [1.165, 1.54) is 5.57 Å². The molecule has 28 heavy (non-hydrogen) atoms. The predicted octanol–water partition coefficient (Wildman–Crippen LogP) is 4.31. The minimum Gasteiger partial charge on any atom is -0.393 e. The van der Waals surface area contributed by atoms with Crippen LogP contribution in [0.4, 0.5) is 0 Å². The molecule has 0 bridgehead atoms. The third kappa shape index (κ3) is 2.46. The van der Waals surface area contributed by atoms with Crippen molar-refractivity contribution in [3.63, 3.8) is 0 Å². The van der Waals surface area contributed by atoms with Gasteiger partial charge >= 0.3 is 0 Å². The van der Waals surface area contributed by atoms with E-state index < -0.39 is 0 Å². The van der Waals surface area contributed by atoms with E-state index in [1.807, 2.05) is 17.8 Å².